The van der Waals surface area contributed by atoms with Crippen LogP contribution in [-0.2, 0) is 9.53 Å². The zero-order chi connectivity index (χ0) is 23.0. The molecule has 32 heavy (non-hydrogen) atoms. The molecule has 2 aromatic carbocycles. The van der Waals surface area contributed by atoms with E-state index in [0.29, 0.717) is 45.2 Å². The summed E-state index contributed by atoms with van der Waals surface area (Å²) in [4.78, 5) is 26.3. The minimum Gasteiger partial charge on any atom is -0.493 e. The number of allylic oxidation sites excluding steroid dienone is 2. The quantitative estimate of drug-likeness (QED) is 0.350. The van der Waals surface area contributed by atoms with Gasteiger partial charge in [-0.05, 0) is 47.2 Å². The average Bonchev–Trinajstić information content (AvgIpc) is 3.08. The number of Topliss-reactive ketones (excluding diaryl/α,β-unsaturated/α-hetero) is 1. The van der Waals surface area contributed by atoms with Gasteiger partial charge in [-0.3, -0.25) is 4.79 Å². The van der Waals surface area contributed by atoms with Gasteiger partial charge in [0.15, 0.2) is 17.3 Å². The first-order chi connectivity index (χ1) is 15.4. The molecule has 1 N–H and O–H groups in total. The van der Waals surface area contributed by atoms with Crippen molar-refractivity contribution in [2.45, 2.75) is 12.8 Å². The Morgan fingerprint density at radius 1 is 1.22 bits per heavy atom. The summed E-state index contributed by atoms with van der Waals surface area (Å²) in [5.41, 5.74) is 4.36. The predicted octanol–water partition coefficient (Wildman–Crippen LogP) is 4.05. The van der Waals surface area contributed by atoms with E-state index >= 15 is 0 Å². The Labute approximate surface area is 199 Å². The smallest absolute Gasteiger partial charge is 0.336 e. The van der Waals surface area contributed by atoms with Crippen LogP contribution in [-0.4, -0.2) is 32.6 Å². The molecule has 0 amide bonds. The molecule has 7 heteroatoms. The Hall–Kier alpha value is -3.25. The van der Waals surface area contributed by atoms with Gasteiger partial charge in [0.05, 0.1) is 29.1 Å². The fraction of sp³-hybridized carbons (Fsp3) is 0.200. The number of ether oxygens (including phenoxy) is 3. The fourth-order valence-corrected chi connectivity index (χ4v) is 4.98. The minimum atomic E-state index is -0.636. The Bertz CT molecular complexity index is 1250. The first kappa shape index (κ1) is 22.0. The lowest BCUT2D eigenvalue weighted by molar-refractivity contribution is -0.136. The van der Waals surface area contributed by atoms with Crippen LogP contribution in [0.15, 0.2) is 53.2 Å². The highest BCUT2D eigenvalue weighted by Crippen LogP contribution is 2.48. The third-order valence-electron chi connectivity index (χ3n) is 5.54. The van der Waals surface area contributed by atoms with E-state index in [0.717, 1.165) is 9.13 Å². The Morgan fingerprint density at radius 2 is 1.94 bits per heavy atom. The lowest BCUT2D eigenvalue weighted by Crippen LogP contribution is -2.29. The molecule has 1 atom stereocenters. The SMILES string of the molecule is C#CCOc1c(I)cc([C@@H]2C(C(=O)OC)=C(C)NC3=C2C(=O)c2ccccc23)cc1OC. The van der Waals surface area contributed by atoms with Gasteiger partial charge in [-0.2, -0.15) is 0 Å². The van der Waals surface area contributed by atoms with Crippen LogP contribution in [0.3, 0.4) is 0 Å². The topological polar surface area (TPSA) is 73.9 Å². The van der Waals surface area contributed by atoms with Gasteiger partial charge in [0.1, 0.15) is 6.61 Å². The van der Waals surface area contributed by atoms with Crippen molar-refractivity contribution in [2.24, 2.45) is 0 Å². The molecule has 6 nitrogen and oxygen atoms in total. The number of hydrogen-bond acceptors (Lipinski definition) is 6. The van der Waals surface area contributed by atoms with Crippen LogP contribution in [0.25, 0.3) is 5.70 Å². The zero-order valence-corrected chi connectivity index (χ0v) is 19.9. The summed E-state index contributed by atoms with van der Waals surface area (Å²) in [5, 5.41) is 3.27. The van der Waals surface area contributed by atoms with E-state index in [1.165, 1.54) is 14.2 Å². The molecule has 162 valence electrons. The number of carbonyl (C=O) groups excluding carboxylic acids is 2. The number of rotatable bonds is 5. The Kier molecular flexibility index (Phi) is 5.98. The molecular formula is C25H20INO5. The van der Waals surface area contributed by atoms with Gasteiger partial charge in [0.25, 0.3) is 0 Å². The second-order valence-electron chi connectivity index (χ2n) is 7.28. The molecule has 1 heterocycles. The zero-order valence-electron chi connectivity index (χ0n) is 17.7. The van der Waals surface area contributed by atoms with E-state index in [4.69, 9.17) is 20.6 Å². The van der Waals surface area contributed by atoms with Crippen LogP contribution >= 0.6 is 22.6 Å². The molecule has 0 unspecified atom stereocenters. The van der Waals surface area contributed by atoms with Crippen molar-refractivity contribution in [3.05, 3.63) is 73.5 Å². The summed E-state index contributed by atoms with van der Waals surface area (Å²) in [6.45, 7) is 1.90. The van der Waals surface area contributed by atoms with Crippen LogP contribution < -0.4 is 14.8 Å². The van der Waals surface area contributed by atoms with Crippen LogP contribution in [0.4, 0.5) is 0 Å². The number of fused-ring (bicyclic) bond motifs is 2. The molecule has 1 aliphatic heterocycles. The largest absolute Gasteiger partial charge is 0.493 e. The number of methoxy groups -OCH3 is 2. The molecule has 2 aliphatic rings. The van der Waals surface area contributed by atoms with Crippen molar-refractivity contribution in [2.75, 3.05) is 20.8 Å². The number of esters is 1. The minimum absolute atomic E-state index is 0.0918. The monoisotopic (exact) mass is 541 g/mol. The number of benzene rings is 2. The van der Waals surface area contributed by atoms with E-state index < -0.39 is 11.9 Å². The number of ketones is 1. The number of carbonyl (C=O) groups is 2. The molecular weight excluding hydrogens is 521 g/mol. The van der Waals surface area contributed by atoms with Crippen LogP contribution in [0.2, 0.25) is 0 Å². The molecule has 0 radical (unpaired) electrons. The summed E-state index contributed by atoms with van der Waals surface area (Å²) in [7, 11) is 2.86. The predicted molar refractivity (Wildman–Crippen MR) is 128 cm³/mol. The summed E-state index contributed by atoms with van der Waals surface area (Å²) in [6, 6.07) is 11.1. The molecule has 1 aliphatic carbocycles. The van der Waals surface area contributed by atoms with Crippen molar-refractivity contribution in [1.82, 2.24) is 5.32 Å². The number of hydrogen-bond donors (Lipinski definition) is 1. The maximum atomic E-state index is 13.5. The van der Waals surface area contributed by atoms with E-state index in [2.05, 4.69) is 33.8 Å². The third kappa shape index (κ3) is 3.45. The van der Waals surface area contributed by atoms with Crippen LogP contribution in [0.5, 0.6) is 11.5 Å². The highest BCUT2D eigenvalue weighted by Gasteiger charge is 2.43. The van der Waals surface area contributed by atoms with E-state index in [9.17, 15) is 9.59 Å². The standard InChI is InChI=1S/C25H20INO5/c1-5-10-32-24-17(26)11-14(12-18(24)30-3)20-19(25(29)31-4)13(2)27-22-15-8-6-7-9-16(15)23(28)21(20)22/h1,6-9,11-12,20,27H,10H2,2-4H3/t20-/m1/s1. The molecule has 2 aromatic rings. The van der Waals surface area contributed by atoms with Gasteiger partial charge in [-0.25, -0.2) is 4.79 Å². The molecule has 0 saturated carbocycles. The molecule has 4 rings (SSSR count). The molecule has 0 spiro atoms. The Balaban J connectivity index is 1.94. The normalized spacial score (nSPS) is 16.7. The van der Waals surface area contributed by atoms with Gasteiger partial charge < -0.3 is 19.5 Å². The lowest BCUT2D eigenvalue weighted by atomic mass is 9.79. The Morgan fingerprint density at radius 3 is 2.59 bits per heavy atom. The van der Waals surface area contributed by atoms with Crippen molar-refractivity contribution >= 4 is 40.0 Å². The summed E-state index contributed by atoms with van der Waals surface area (Å²) in [6.07, 6.45) is 5.34. The lowest BCUT2D eigenvalue weighted by Gasteiger charge is -2.29. The van der Waals surface area contributed by atoms with Crippen molar-refractivity contribution < 1.29 is 23.8 Å². The van der Waals surface area contributed by atoms with Crippen molar-refractivity contribution in [3.63, 3.8) is 0 Å². The fourth-order valence-electron chi connectivity index (χ4n) is 4.20. The second-order valence-corrected chi connectivity index (χ2v) is 8.44. The van der Waals surface area contributed by atoms with E-state index in [-0.39, 0.29) is 12.4 Å². The summed E-state index contributed by atoms with van der Waals surface area (Å²) in [5.74, 6) is 2.16. The van der Waals surface area contributed by atoms with Gasteiger partial charge in [-0.15, -0.1) is 6.42 Å². The van der Waals surface area contributed by atoms with Gasteiger partial charge in [-0.1, -0.05) is 30.2 Å². The maximum absolute atomic E-state index is 13.5. The van der Waals surface area contributed by atoms with Crippen LogP contribution in [0, 0.1) is 15.9 Å². The van der Waals surface area contributed by atoms with Crippen molar-refractivity contribution in [1.29, 1.82) is 0 Å². The molecule has 0 aromatic heterocycles. The van der Waals surface area contributed by atoms with E-state index in [1.54, 1.807) is 19.1 Å². The van der Waals surface area contributed by atoms with E-state index in [1.807, 2.05) is 24.3 Å². The third-order valence-corrected chi connectivity index (χ3v) is 6.34. The number of terminal acetylenes is 1. The molecule has 0 saturated heterocycles. The first-order valence-electron chi connectivity index (χ1n) is 9.81. The van der Waals surface area contributed by atoms with Gasteiger partial charge in [0, 0.05) is 28.3 Å². The van der Waals surface area contributed by atoms with Gasteiger partial charge in [0.2, 0.25) is 0 Å². The number of nitrogens with one attached hydrogen (secondary N) is 1. The van der Waals surface area contributed by atoms with Crippen molar-refractivity contribution in [3.8, 4) is 23.8 Å². The van der Waals surface area contributed by atoms with Gasteiger partial charge >= 0.3 is 5.97 Å². The summed E-state index contributed by atoms with van der Waals surface area (Å²) >= 11 is 2.13. The highest BCUT2D eigenvalue weighted by molar-refractivity contribution is 14.1. The summed E-state index contributed by atoms with van der Waals surface area (Å²) < 4.78 is 17.1. The molecule has 0 bridgehead atoms. The second kappa shape index (κ2) is 8.71. The number of dihydropyridines is 1. The molecule has 0 fully saturated rings. The number of halogens is 1. The highest BCUT2D eigenvalue weighted by atomic mass is 127. The van der Waals surface area contributed by atoms with Crippen LogP contribution in [0.1, 0.15) is 34.3 Å². The maximum Gasteiger partial charge on any atom is 0.336 e. The average molecular weight is 541 g/mol. The first-order valence-corrected chi connectivity index (χ1v) is 10.9.